The Morgan fingerprint density at radius 1 is 1.17 bits per heavy atom. The lowest BCUT2D eigenvalue weighted by molar-refractivity contribution is 0.238. The van der Waals surface area contributed by atoms with Crippen molar-refractivity contribution in [3.8, 4) is 0 Å². The van der Waals surface area contributed by atoms with Gasteiger partial charge < -0.3 is 9.73 Å². The van der Waals surface area contributed by atoms with Crippen LogP contribution in [0.15, 0.2) is 16.7 Å². The molecule has 3 heteroatoms. The summed E-state index contributed by atoms with van der Waals surface area (Å²) >= 11 is 0. The van der Waals surface area contributed by atoms with E-state index in [1.165, 1.54) is 50.8 Å². The van der Waals surface area contributed by atoms with Crippen molar-refractivity contribution in [2.75, 3.05) is 19.6 Å². The average molecular weight is 250 g/mol. The summed E-state index contributed by atoms with van der Waals surface area (Å²) in [5.74, 6) is 1.11. The van der Waals surface area contributed by atoms with Crippen molar-refractivity contribution in [3.05, 3.63) is 23.7 Å². The Labute approximate surface area is 111 Å². The number of hydrogen-bond acceptors (Lipinski definition) is 3. The van der Waals surface area contributed by atoms with E-state index in [4.69, 9.17) is 4.42 Å². The Bertz CT molecular complexity index is 327. The van der Waals surface area contributed by atoms with Gasteiger partial charge in [0.25, 0.3) is 0 Å². The quantitative estimate of drug-likeness (QED) is 0.870. The first-order valence-electron chi connectivity index (χ1n) is 7.38. The second-order valence-corrected chi connectivity index (χ2v) is 5.19. The molecule has 1 fully saturated rings. The van der Waals surface area contributed by atoms with E-state index < -0.39 is 0 Å². The second kappa shape index (κ2) is 7.59. The van der Waals surface area contributed by atoms with Gasteiger partial charge in [0.2, 0.25) is 0 Å². The predicted molar refractivity (Wildman–Crippen MR) is 74.5 cm³/mol. The van der Waals surface area contributed by atoms with Gasteiger partial charge in [0, 0.05) is 12.1 Å². The number of nitrogens with zero attached hydrogens (tertiary/aromatic N) is 1. The van der Waals surface area contributed by atoms with E-state index in [9.17, 15) is 0 Å². The predicted octanol–water partition coefficient (Wildman–Crippen LogP) is 3.16. The molecule has 0 aliphatic carbocycles. The molecule has 1 aromatic heterocycles. The zero-order valence-corrected chi connectivity index (χ0v) is 11.6. The fourth-order valence-corrected chi connectivity index (χ4v) is 2.61. The summed E-state index contributed by atoms with van der Waals surface area (Å²) in [6, 6.07) is 2.13. The van der Waals surface area contributed by atoms with Crippen LogP contribution in [0, 0.1) is 0 Å². The molecule has 1 N–H and O–H groups in total. The fraction of sp³-hybridized carbons (Fsp3) is 0.733. The third-order valence-corrected chi connectivity index (χ3v) is 3.72. The van der Waals surface area contributed by atoms with Crippen molar-refractivity contribution < 1.29 is 4.42 Å². The minimum absolute atomic E-state index is 0.854. The molecule has 1 saturated heterocycles. The minimum atomic E-state index is 0.854. The maximum absolute atomic E-state index is 5.58. The van der Waals surface area contributed by atoms with E-state index in [2.05, 4.69) is 23.2 Å². The van der Waals surface area contributed by atoms with Crippen LogP contribution in [0.2, 0.25) is 0 Å². The maximum atomic E-state index is 5.58. The Balaban J connectivity index is 1.88. The first kappa shape index (κ1) is 13.6. The van der Waals surface area contributed by atoms with Crippen LogP contribution < -0.4 is 5.32 Å². The Hall–Kier alpha value is -0.800. The highest BCUT2D eigenvalue weighted by Crippen LogP contribution is 2.17. The standard InChI is InChI=1S/C15H26N2O/c1-2-16-12-15-14(8-11-18-15)13-17-9-6-4-3-5-7-10-17/h8,11,16H,2-7,9-10,12-13H2,1H3. The van der Waals surface area contributed by atoms with Gasteiger partial charge in [0.1, 0.15) is 5.76 Å². The highest BCUT2D eigenvalue weighted by atomic mass is 16.3. The number of rotatable bonds is 5. The third-order valence-electron chi connectivity index (χ3n) is 3.72. The van der Waals surface area contributed by atoms with E-state index in [0.29, 0.717) is 0 Å². The molecule has 0 bridgehead atoms. The lowest BCUT2D eigenvalue weighted by atomic mass is 10.1. The highest BCUT2D eigenvalue weighted by Gasteiger charge is 2.12. The molecule has 2 rings (SSSR count). The van der Waals surface area contributed by atoms with Gasteiger partial charge in [-0.05, 0) is 38.5 Å². The monoisotopic (exact) mass is 250 g/mol. The highest BCUT2D eigenvalue weighted by molar-refractivity contribution is 5.16. The van der Waals surface area contributed by atoms with Gasteiger partial charge in [0.15, 0.2) is 0 Å². The van der Waals surface area contributed by atoms with Crippen LogP contribution in [0.4, 0.5) is 0 Å². The van der Waals surface area contributed by atoms with Crippen LogP contribution in [0.3, 0.4) is 0 Å². The Morgan fingerprint density at radius 3 is 2.61 bits per heavy atom. The summed E-state index contributed by atoms with van der Waals surface area (Å²) in [6.45, 7) is 7.51. The molecule has 18 heavy (non-hydrogen) atoms. The van der Waals surface area contributed by atoms with E-state index >= 15 is 0 Å². The molecule has 0 atom stereocenters. The van der Waals surface area contributed by atoms with Crippen molar-refractivity contribution in [3.63, 3.8) is 0 Å². The topological polar surface area (TPSA) is 28.4 Å². The molecule has 1 aliphatic rings. The van der Waals surface area contributed by atoms with E-state index in [1.54, 1.807) is 0 Å². The maximum Gasteiger partial charge on any atom is 0.122 e. The number of hydrogen-bond donors (Lipinski definition) is 1. The lowest BCUT2D eigenvalue weighted by Gasteiger charge is -2.24. The smallest absolute Gasteiger partial charge is 0.122 e. The summed E-state index contributed by atoms with van der Waals surface area (Å²) in [5, 5.41) is 3.34. The van der Waals surface area contributed by atoms with Crippen LogP contribution in [-0.4, -0.2) is 24.5 Å². The molecule has 0 aromatic carbocycles. The molecule has 0 saturated carbocycles. The van der Waals surface area contributed by atoms with E-state index in [-0.39, 0.29) is 0 Å². The molecule has 0 unspecified atom stereocenters. The second-order valence-electron chi connectivity index (χ2n) is 5.19. The first-order valence-corrected chi connectivity index (χ1v) is 7.38. The number of furan rings is 1. The Kier molecular flexibility index (Phi) is 5.75. The van der Waals surface area contributed by atoms with E-state index in [1.807, 2.05) is 6.26 Å². The summed E-state index contributed by atoms with van der Waals surface area (Å²) in [7, 11) is 0. The van der Waals surface area contributed by atoms with Crippen molar-refractivity contribution in [2.45, 2.75) is 52.1 Å². The molecule has 1 aliphatic heterocycles. The van der Waals surface area contributed by atoms with Crippen molar-refractivity contribution >= 4 is 0 Å². The normalized spacial score (nSPS) is 18.5. The van der Waals surface area contributed by atoms with E-state index in [0.717, 1.165) is 25.4 Å². The fourth-order valence-electron chi connectivity index (χ4n) is 2.61. The SMILES string of the molecule is CCNCc1occc1CN1CCCCCCC1. The van der Waals surface area contributed by atoms with Gasteiger partial charge >= 0.3 is 0 Å². The van der Waals surface area contributed by atoms with Gasteiger partial charge in [0.05, 0.1) is 12.8 Å². The van der Waals surface area contributed by atoms with Crippen LogP contribution in [0.25, 0.3) is 0 Å². The van der Waals surface area contributed by atoms with Crippen molar-refractivity contribution in [2.24, 2.45) is 0 Å². The van der Waals surface area contributed by atoms with Gasteiger partial charge in [-0.25, -0.2) is 0 Å². The average Bonchev–Trinajstić information content (AvgIpc) is 2.77. The van der Waals surface area contributed by atoms with Crippen molar-refractivity contribution in [1.82, 2.24) is 10.2 Å². The largest absolute Gasteiger partial charge is 0.468 e. The molecule has 1 aromatic rings. The van der Waals surface area contributed by atoms with Crippen molar-refractivity contribution in [1.29, 1.82) is 0 Å². The molecule has 2 heterocycles. The number of likely N-dealkylation sites (tertiary alicyclic amines) is 1. The van der Waals surface area contributed by atoms with Gasteiger partial charge in [-0.3, -0.25) is 4.90 Å². The number of nitrogens with one attached hydrogen (secondary N) is 1. The molecule has 0 spiro atoms. The van der Waals surface area contributed by atoms with Crippen LogP contribution in [0.5, 0.6) is 0 Å². The van der Waals surface area contributed by atoms with Crippen LogP contribution >= 0.6 is 0 Å². The summed E-state index contributed by atoms with van der Waals surface area (Å²) in [4.78, 5) is 2.58. The molecule has 102 valence electrons. The summed E-state index contributed by atoms with van der Waals surface area (Å²) < 4.78 is 5.58. The Morgan fingerprint density at radius 2 is 1.89 bits per heavy atom. The zero-order chi connectivity index (χ0) is 12.6. The van der Waals surface area contributed by atoms with Crippen LogP contribution in [0.1, 0.15) is 50.4 Å². The lowest BCUT2D eigenvalue weighted by Crippen LogP contribution is -2.27. The molecular formula is C15H26N2O. The minimum Gasteiger partial charge on any atom is -0.468 e. The van der Waals surface area contributed by atoms with Crippen LogP contribution in [-0.2, 0) is 13.1 Å². The molecule has 3 nitrogen and oxygen atoms in total. The molecular weight excluding hydrogens is 224 g/mol. The first-order chi connectivity index (χ1) is 8.90. The molecule has 0 amide bonds. The zero-order valence-electron chi connectivity index (χ0n) is 11.6. The van der Waals surface area contributed by atoms with Gasteiger partial charge in [-0.2, -0.15) is 0 Å². The van der Waals surface area contributed by atoms with Gasteiger partial charge in [-0.1, -0.05) is 26.2 Å². The summed E-state index contributed by atoms with van der Waals surface area (Å²) in [5.41, 5.74) is 1.36. The third kappa shape index (κ3) is 4.14. The molecule has 0 radical (unpaired) electrons. The van der Waals surface area contributed by atoms with Gasteiger partial charge in [-0.15, -0.1) is 0 Å². The summed E-state index contributed by atoms with van der Waals surface area (Å²) in [6.07, 6.45) is 8.73.